The molecule has 3 aromatic carbocycles. The Balaban J connectivity index is 1.87. The molecule has 4 atom stereocenters. The molecular formula is C27H24O4. The zero-order chi connectivity index (χ0) is 22.0. The van der Waals surface area contributed by atoms with Crippen molar-refractivity contribution in [2.24, 2.45) is 11.8 Å². The van der Waals surface area contributed by atoms with Crippen LogP contribution in [0.15, 0.2) is 91.0 Å². The molecule has 0 saturated heterocycles. The van der Waals surface area contributed by atoms with E-state index in [2.05, 4.69) is 0 Å². The molecule has 1 N–H and O–H groups in total. The van der Waals surface area contributed by atoms with Gasteiger partial charge < -0.3 is 5.11 Å². The summed E-state index contributed by atoms with van der Waals surface area (Å²) in [5, 5.41) is 11.3. The molecule has 1 saturated carbocycles. The molecule has 0 spiro atoms. The lowest BCUT2D eigenvalue weighted by molar-refractivity contribution is -0.134. The first kappa shape index (κ1) is 20.9. The minimum atomic E-state index is -1.57. The van der Waals surface area contributed by atoms with Crippen molar-refractivity contribution in [2.45, 2.75) is 24.9 Å². The summed E-state index contributed by atoms with van der Waals surface area (Å²) in [6.07, 6.45) is -0.247. The van der Waals surface area contributed by atoms with Crippen molar-refractivity contribution in [1.29, 1.82) is 0 Å². The van der Waals surface area contributed by atoms with Crippen LogP contribution in [0.2, 0.25) is 0 Å². The monoisotopic (exact) mass is 412 g/mol. The molecule has 1 fully saturated rings. The van der Waals surface area contributed by atoms with Crippen molar-refractivity contribution in [3.63, 3.8) is 0 Å². The van der Waals surface area contributed by atoms with Crippen molar-refractivity contribution in [2.75, 3.05) is 0 Å². The lowest BCUT2D eigenvalue weighted by atomic mass is 9.58. The Morgan fingerprint density at radius 3 is 1.74 bits per heavy atom. The quantitative estimate of drug-likeness (QED) is 0.495. The van der Waals surface area contributed by atoms with Crippen LogP contribution in [-0.4, -0.2) is 28.1 Å². The zero-order valence-corrected chi connectivity index (χ0v) is 17.3. The molecule has 0 bridgehead atoms. The van der Waals surface area contributed by atoms with Crippen LogP contribution in [0, 0.1) is 11.8 Å². The predicted octanol–water partition coefficient (Wildman–Crippen LogP) is 4.49. The molecule has 0 heterocycles. The third-order valence-electron chi connectivity index (χ3n) is 6.13. The molecule has 156 valence electrons. The van der Waals surface area contributed by atoms with Crippen molar-refractivity contribution >= 4 is 17.3 Å². The van der Waals surface area contributed by atoms with Gasteiger partial charge in [0, 0.05) is 23.5 Å². The second-order valence-electron chi connectivity index (χ2n) is 8.35. The number of hydrogen-bond acceptors (Lipinski definition) is 4. The highest BCUT2D eigenvalue weighted by Gasteiger charge is 2.55. The smallest absolute Gasteiger partial charge is 0.173 e. The lowest BCUT2D eigenvalue weighted by Crippen LogP contribution is -2.54. The van der Waals surface area contributed by atoms with Crippen LogP contribution in [0.25, 0.3) is 0 Å². The molecular weight excluding hydrogens is 388 g/mol. The molecule has 3 aromatic rings. The third kappa shape index (κ3) is 3.99. The first-order valence-corrected chi connectivity index (χ1v) is 10.4. The fraction of sp³-hybridized carbons (Fsp3) is 0.222. The summed E-state index contributed by atoms with van der Waals surface area (Å²) >= 11 is 0. The van der Waals surface area contributed by atoms with E-state index in [4.69, 9.17) is 0 Å². The minimum Gasteiger partial charge on any atom is -0.389 e. The van der Waals surface area contributed by atoms with Gasteiger partial charge in [0.05, 0.1) is 17.4 Å². The number of aliphatic hydroxyl groups is 1. The van der Waals surface area contributed by atoms with E-state index >= 15 is 0 Å². The third-order valence-corrected chi connectivity index (χ3v) is 6.13. The molecule has 4 nitrogen and oxygen atoms in total. The Morgan fingerprint density at radius 1 is 0.774 bits per heavy atom. The largest absolute Gasteiger partial charge is 0.389 e. The van der Waals surface area contributed by atoms with Crippen LogP contribution >= 0.6 is 0 Å². The number of benzene rings is 3. The first-order chi connectivity index (χ1) is 14.9. The van der Waals surface area contributed by atoms with Gasteiger partial charge in [-0.25, -0.2) is 0 Å². The highest BCUT2D eigenvalue weighted by molar-refractivity contribution is 6.13. The van der Waals surface area contributed by atoms with E-state index < -0.39 is 23.4 Å². The number of rotatable bonds is 5. The summed E-state index contributed by atoms with van der Waals surface area (Å²) in [6.45, 7) is 1.52. The van der Waals surface area contributed by atoms with Crippen molar-refractivity contribution in [3.05, 3.63) is 108 Å². The van der Waals surface area contributed by atoms with Gasteiger partial charge in [0.1, 0.15) is 5.78 Å². The molecule has 31 heavy (non-hydrogen) atoms. The molecule has 1 aliphatic rings. The summed E-state index contributed by atoms with van der Waals surface area (Å²) < 4.78 is 0. The van der Waals surface area contributed by atoms with E-state index in [0.29, 0.717) is 16.7 Å². The normalized spacial score (nSPS) is 25.7. The van der Waals surface area contributed by atoms with E-state index in [1.807, 2.05) is 36.4 Å². The summed E-state index contributed by atoms with van der Waals surface area (Å²) in [5.74, 6) is -3.67. The van der Waals surface area contributed by atoms with Gasteiger partial charge in [-0.15, -0.1) is 0 Å². The Morgan fingerprint density at radius 2 is 1.23 bits per heavy atom. The number of ketones is 3. The molecule has 1 aliphatic carbocycles. The zero-order valence-electron chi connectivity index (χ0n) is 17.3. The van der Waals surface area contributed by atoms with Crippen LogP contribution in [0.3, 0.4) is 0 Å². The fourth-order valence-corrected chi connectivity index (χ4v) is 4.73. The summed E-state index contributed by atoms with van der Waals surface area (Å²) in [7, 11) is 0. The number of carbonyl (C=O) groups excluding carboxylic acids is 3. The van der Waals surface area contributed by atoms with Crippen LogP contribution in [0.5, 0.6) is 0 Å². The Hall–Kier alpha value is -3.37. The van der Waals surface area contributed by atoms with Gasteiger partial charge in [0.15, 0.2) is 11.6 Å². The van der Waals surface area contributed by atoms with E-state index in [1.54, 1.807) is 54.6 Å². The highest BCUT2D eigenvalue weighted by atomic mass is 16.3. The van der Waals surface area contributed by atoms with Crippen molar-refractivity contribution in [1.82, 2.24) is 0 Å². The van der Waals surface area contributed by atoms with Gasteiger partial charge >= 0.3 is 0 Å². The number of Topliss-reactive ketones (excluding diaryl/α,β-unsaturated/α-hetero) is 3. The van der Waals surface area contributed by atoms with Crippen LogP contribution < -0.4 is 0 Å². The number of carbonyl (C=O) groups is 3. The topological polar surface area (TPSA) is 71.4 Å². The van der Waals surface area contributed by atoms with E-state index in [0.717, 1.165) is 0 Å². The maximum atomic E-state index is 13.6. The molecule has 0 unspecified atom stereocenters. The van der Waals surface area contributed by atoms with E-state index in [1.165, 1.54) is 6.92 Å². The van der Waals surface area contributed by atoms with Gasteiger partial charge in [0.2, 0.25) is 0 Å². The van der Waals surface area contributed by atoms with E-state index in [-0.39, 0.29) is 23.8 Å². The minimum absolute atomic E-state index is 0.247. The van der Waals surface area contributed by atoms with Gasteiger partial charge in [-0.05, 0) is 12.5 Å². The molecule has 0 aromatic heterocycles. The standard InChI is InChI=1S/C27H24O4/c1-27(31)17-21(28)23(25(29)19-13-7-3-8-14-19)22(18-11-5-2-6-12-18)24(27)26(30)20-15-9-4-10-16-20/h2-16,22-24,31H,17H2,1H3/t22-,23+,24+,27+/m1/s1. The van der Waals surface area contributed by atoms with Gasteiger partial charge in [-0.2, -0.15) is 0 Å². The van der Waals surface area contributed by atoms with Gasteiger partial charge in [-0.1, -0.05) is 91.0 Å². The Labute approximate surface area is 181 Å². The van der Waals surface area contributed by atoms with Crippen LogP contribution in [-0.2, 0) is 4.79 Å². The molecule has 0 aliphatic heterocycles. The lowest BCUT2D eigenvalue weighted by Gasteiger charge is -2.45. The van der Waals surface area contributed by atoms with E-state index in [9.17, 15) is 19.5 Å². The molecule has 0 radical (unpaired) electrons. The fourth-order valence-electron chi connectivity index (χ4n) is 4.73. The van der Waals surface area contributed by atoms with Crippen molar-refractivity contribution in [3.8, 4) is 0 Å². The van der Waals surface area contributed by atoms with Gasteiger partial charge in [-0.3, -0.25) is 14.4 Å². The Bertz CT molecular complexity index is 1090. The molecule has 4 rings (SSSR count). The summed E-state index contributed by atoms with van der Waals surface area (Å²) in [6, 6.07) is 26.5. The van der Waals surface area contributed by atoms with Crippen molar-refractivity contribution < 1.29 is 19.5 Å². The highest BCUT2D eigenvalue weighted by Crippen LogP contribution is 2.48. The summed E-state index contributed by atoms with van der Waals surface area (Å²) in [4.78, 5) is 40.3. The molecule has 4 heteroatoms. The predicted molar refractivity (Wildman–Crippen MR) is 118 cm³/mol. The maximum absolute atomic E-state index is 13.6. The molecule has 0 amide bonds. The second-order valence-corrected chi connectivity index (χ2v) is 8.35. The average Bonchev–Trinajstić information content (AvgIpc) is 2.79. The summed E-state index contributed by atoms with van der Waals surface area (Å²) in [5.41, 5.74) is 0.000395. The maximum Gasteiger partial charge on any atom is 0.173 e. The Kier molecular flexibility index (Phi) is 5.66. The first-order valence-electron chi connectivity index (χ1n) is 10.4. The SMILES string of the molecule is C[C@]1(O)CC(=O)[C@H](C(=O)c2ccccc2)[C@@H](c2ccccc2)[C@H]1C(=O)c1ccccc1. The second kappa shape index (κ2) is 8.40. The number of hydrogen-bond donors (Lipinski definition) is 1. The van der Waals surface area contributed by atoms with Crippen LogP contribution in [0.4, 0.5) is 0 Å². The van der Waals surface area contributed by atoms with Gasteiger partial charge in [0.25, 0.3) is 0 Å². The average molecular weight is 412 g/mol. The van der Waals surface area contributed by atoms with Crippen LogP contribution in [0.1, 0.15) is 45.5 Å².